The first-order valence-electron chi connectivity index (χ1n) is 9.19. The van der Waals surface area contributed by atoms with Crippen molar-refractivity contribution in [3.05, 3.63) is 97.2 Å². The number of benzene rings is 2. The van der Waals surface area contributed by atoms with Gasteiger partial charge in [0, 0.05) is 26.8 Å². The molecule has 0 fully saturated rings. The minimum atomic E-state index is -0.367. The lowest BCUT2D eigenvalue weighted by Crippen LogP contribution is -2.34. The number of rotatable bonds is 4. The second kappa shape index (κ2) is 7.64. The number of fused-ring (bicyclic) bond motifs is 2. The summed E-state index contributed by atoms with van der Waals surface area (Å²) in [4.78, 5) is 30.7. The molecule has 0 radical (unpaired) electrons. The lowest BCUT2D eigenvalue weighted by Gasteiger charge is -2.08. The minimum absolute atomic E-state index is 0.161. The Morgan fingerprint density at radius 2 is 1.83 bits per heavy atom. The fourth-order valence-electron chi connectivity index (χ4n) is 3.36. The van der Waals surface area contributed by atoms with Crippen LogP contribution in [0.25, 0.3) is 20.3 Å². The first-order valence-corrected chi connectivity index (χ1v) is 11.3. The van der Waals surface area contributed by atoms with Crippen LogP contribution in [0.5, 0.6) is 0 Å². The SMILES string of the molecule is O=C(Nn1c(=S)[nH]c2sc(Cc3ccccc3)cc2c1=O)c1csc2ccccc12. The molecule has 2 N–H and O–H groups in total. The van der Waals surface area contributed by atoms with Crippen LogP contribution in [0.3, 0.4) is 0 Å². The van der Waals surface area contributed by atoms with E-state index in [-0.39, 0.29) is 16.2 Å². The summed E-state index contributed by atoms with van der Waals surface area (Å²) in [6, 6.07) is 19.6. The Labute approximate surface area is 184 Å². The van der Waals surface area contributed by atoms with Crippen LogP contribution in [0.1, 0.15) is 20.8 Å². The second-order valence-electron chi connectivity index (χ2n) is 6.78. The molecular formula is C22H15N3O2S3. The van der Waals surface area contributed by atoms with E-state index in [0.29, 0.717) is 15.8 Å². The molecule has 5 aromatic rings. The molecule has 5 nitrogen and oxygen atoms in total. The number of thiophene rings is 2. The summed E-state index contributed by atoms with van der Waals surface area (Å²) in [5.74, 6) is -0.367. The molecule has 0 bridgehead atoms. The van der Waals surface area contributed by atoms with Crippen LogP contribution in [0.15, 0.2) is 70.8 Å². The largest absolute Gasteiger partial charge is 0.322 e. The summed E-state index contributed by atoms with van der Waals surface area (Å²) in [6.07, 6.45) is 0.730. The molecule has 0 atom stereocenters. The second-order valence-corrected chi connectivity index (χ2v) is 9.21. The Kier molecular flexibility index (Phi) is 4.82. The van der Waals surface area contributed by atoms with Gasteiger partial charge in [0.2, 0.25) is 4.77 Å². The first-order chi connectivity index (χ1) is 14.6. The highest BCUT2D eigenvalue weighted by atomic mass is 32.1. The molecule has 0 saturated heterocycles. The van der Waals surface area contributed by atoms with Gasteiger partial charge >= 0.3 is 0 Å². The van der Waals surface area contributed by atoms with E-state index in [0.717, 1.165) is 26.1 Å². The number of carbonyl (C=O) groups excluding carboxylic acids is 1. The number of carbonyl (C=O) groups is 1. The number of nitrogens with one attached hydrogen (secondary N) is 2. The van der Waals surface area contributed by atoms with Gasteiger partial charge in [-0.15, -0.1) is 22.7 Å². The molecule has 0 unspecified atom stereocenters. The molecule has 0 spiro atoms. The van der Waals surface area contributed by atoms with Crippen molar-refractivity contribution in [2.45, 2.75) is 6.42 Å². The van der Waals surface area contributed by atoms with Gasteiger partial charge in [0.05, 0.1) is 10.9 Å². The summed E-state index contributed by atoms with van der Waals surface area (Å²) in [7, 11) is 0. The van der Waals surface area contributed by atoms with Crippen molar-refractivity contribution in [3.63, 3.8) is 0 Å². The quantitative estimate of drug-likeness (QED) is 0.366. The molecule has 148 valence electrons. The average Bonchev–Trinajstić information content (AvgIpc) is 3.36. The van der Waals surface area contributed by atoms with Crippen molar-refractivity contribution in [1.82, 2.24) is 9.66 Å². The van der Waals surface area contributed by atoms with E-state index >= 15 is 0 Å². The van der Waals surface area contributed by atoms with Gasteiger partial charge in [0.15, 0.2) is 0 Å². The maximum Gasteiger partial charge on any atom is 0.282 e. The summed E-state index contributed by atoms with van der Waals surface area (Å²) in [5, 5.41) is 3.15. The third-order valence-electron chi connectivity index (χ3n) is 4.80. The fraction of sp³-hybridized carbons (Fsp3) is 0.0455. The normalized spacial score (nSPS) is 11.2. The van der Waals surface area contributed by atoms with Crippen molar-refractivity contribution in [1.29, 1.82) is 0 Å². The van der Waals surface area contributed by atoms with E-state index in [4.69, 9.17) is 12.2 Å². The molecule has 0 saturated carbocycles. The van der Waals surface area contributed by atoms with Gasteiger partial charge in [-0.05, 0) is 29.9 Å². The number of nitrogens with zero attached hydrogens (tertiary/aromatic N) is 1. The van der Waals surface area contributed by atoms with Gasteiger partial charge < -0.3 is 4.98 Å². The third kappa shape index (κ3) is 3.39. The number of hydrogen-bond donors (Lipinski definition) is 2. The number of aromatic amines is 1. The third-order valence-corrected chi connectivity index (χ3v) is 7.10. The fourth-order valence-corrected chi connectivity index (χ4v) is 5.68. The smallest absolute Gasteiger partial charge is 0.282 e. The van der Waals surface area contributed by atoms with Gasteiger partial charge in [0.25, 0.3) is 11.5 Å². The van der Waals surface area contributed by atoms with Gasteiger partial charge in [0.1, 0.15) is 4.83 Å². The summed E-state index contributed by atoms with van der Waals surface area (Å²) < 4.78 is 2.29. The molecule has 0 aliphatic heterocycles. The number of amides is 1. The molecule has 30 heavy (non-hydrogen) atoms. The summed E-state index contributed by atoms with van der Waals surface area (Å²) >= 11 is 8.34. The number of aromatic nitrogens is 2. The van der Waals surface area contributed by atoms with Crippen molar-refractivity contribution in [2.75, 3.05) is 5.43 Å². The van der Waals surface area contributed by atoms with Crippen LogP contribution in [-0.4, -0.2) is 15.6 Å². The van der Waals surface area contributed by atoms with Gasteiger partial charge in [-0.1, -0.05) is 48.5 Å². The lowest BCUT2D eigenvalue weighted by molar-refractivity contribution is 0.101. The van der Waals surface area contributed by atoms with Crippen molar-refractivity contribution in [3.8, 4) is 0 Å². The Bertz CT molecular complexity index is 1510. The first kappa shape index (κ1) is 18.9. The minimum Gasteiger partial charge on any atom is -0.322 e. The van der Waals surface area contributed by atoms with E-state index < -0.39 is 0 Å². The molecule has 0 aliphatic rings. The zero-order valence-electron chi connectivity index (χ0n) is 15.5. The van der Waals surface area contributed by atoms with Crippen LogP contribution in [-0.2, 0) is 6.42 Å². The van der Waals surface area contributed by atoms with E-state index in [1.807, 2.05) is 48.5 Å². The van der Waals surface area contributed by atoms with Gasteiger partial charge in [-0.25, -0.2) is 0 Å². The Balaban J connectivity index is 1.51. The molecule has 8 heteroatoms. The van der Waals surface area contributed by atoms with E-state index in [1.165, 1.54) is 28.2 Å². The predicted molar refractivity (Wildman–Crippen MR) is 126 cm³/mol. The Hall–Kier alpha value is -3.07. The molecule has 3 aromatic heterocycles. The Morgan fingerprint density at radius 1 is 1.07 bits per heavy atom. The molecule has 1 amide bonds. The zero-order chi connectivity index (χ0) is 20.7. The summed E-state index contributed by atoms with van der Waals surface area (Å²) in [5.41, 5.74) is 4.02. The molecular weight excluding hydrogens is 434 g/mol. The van der Waals surface area contributed by atoms with Crippen molar-refractivity contribution in [2.24, 2.45) is 0 Å². The maximum atomic E-state index is 13.1. The number of H-pyrrole nitrogens is 1. The van der Waals surface area contributed by atoms with Crippen molar-refractivity contribution >= 4 is 61.1 Å². The van der Waals surface area contributed by atoms with E-state index in [1.54, 1.807) is 5.38 Å². The maximum absolute atomic E-state index is 13.1. The van der Waals surface area contributed by atoms with Crippen molar-refractivity contribution < 1.29 is 4.79 Å². The topological polar surface area (TPSA) is 66.9 Å². The van der Waals surface area contributed by atoms with E-state index in [9.17, 15) is 9.59 Å². The molecule has 2 aromatic carbocycles. The van der Waals surface area contributed by atoms with Gasteiger partial charge in [-0.2, -0.15) is 4.68 Å². The van der Waals surface area contributed by atoms with Crippen LogP contribution >= 0.6 is 34.9 Å². The van der Waals surface area contributed by atoms with Crippen LogP contribution in [0.4, 0.5) is 0 Å². The molecule has 5 rings (SSSR count). The standard InChI is InChI=1S/C22H15N3O2S3/c26-19(17-12-29-18-9-5-4-8-15(17)18)24-25-21(27)16-11-14(30-20(16)23-22(25)28)10-13-6-2-1-3-7-13/h1-9,11-12H,10H2,(H,23,28)(H,24,26). The zero-order valence-corrected chi connectivity index (χ0v) is 18.0. The predicted octanol–water partition coefficient (Wildman–Crippen LogP) is 5.31. The molecule has 0 aliphatic carbocycles. The lowest BCUT2D eigenvalue weighted by atomic mass is 10.1. The van der Waals surface area contributed by atoms with Crippen LogP contribution < -0.4 is 11.0 Å². The average molecular weight is 450 g/mol. The van der Waals surface area contributed by atoms with Crippen LogP contribution in [0.2, 0.25) is 0 Å². The number of hydrogen-bond acceptors (Lipinski definition) is 5. The highest BCUT2D eigenvalue weighted by Crippen LogP contribution is 2.26. The van der Waals surface area contributed by atoms with E-state index in [2.05, 4.69) is 22.5 Å². The highest BCUT2D eigenvalue weighted by molar-refractivity contribution is 7.71. The Morgan fingerprint density at radius 3 is 2.67 bits per heavy atom. The van der Waals surface area contributed by atoms with Gasteiger partial charge in [-0.3, -0.25) is 15.0 Å². The summed E-state index contributed by atoms with van der Waals surface area (Å²) in [6.45, 7) is 0. The highest BCUT2D eigenvalue weighted by Gasteiger charge is 2.16. The van der Waals surface area contributed by atoms with Crippen LogP contribution in [0, 0.1) is 4.77 Å². The molecule has 3 heterocycles. The monoisotopic (exact) mass is 449 g/mol.